The van der Waals surface area contributed by atoms with E-state index in [0.29, 0.717) is 12.2 Å². The van der Waals surface area contributed by atoms with Gasteiger partial charge in [0.1, 0.15) is 5.76 Å². The maximum absolute atomic E-state index is 12.8. The van der Waals surface area contributed by atoms with Gasteiger partial charge in [-0.3, -0.25) is 9.69 Å². The van der Waals surface area contributed by atoms with Crippen LogP contribution in [-0.2, 0) is 27.4 Å². The summed E-state index contributed by atoms with van der Waals surface area (Å²) in [6.07, 6.45) is -2.65. The molecule has 1 atom stereocenters. The molecular formula is C18H19F3N2O4S. The minimum Gasteiger partial charge on any atom is -0.468 e. The van der Waals surface area contributed by atoms with E-state index < -0.39 is 27.5 Å². The lowest BCUT2D eigenvalue weighted by molar-refractivity contribution is -0.137. The smallest absolute Gasteiger partial charge is 0.416 e. The lowest BCUT2D eigenvalue weighted by Gasteiger charge is -2.26. The van der Waals surface area contributed by atoms with Crippen molar-refractivity contribution in [1.82, 2.24) is 4.90 Å². The topological polar surface area (TPSA) is 79.6 Å². The first-order chi connectivity index (χ1) is 13.1. The number of anilines is 1. The Kier molecular flexibility index (Phi) is 5.80. The molecule has 1 N–H and O–H groups in total. The van der Waals surface area contributed by atoms with Crippen molar-refractivity contribution in [3.05, 3.63) is 54.0 Å². The summed E-state index contributed by atoms with van der Waals surface area (Å²) in [5.74, 6) is 0.0119. The minimum absolute atomic E-state index is 0.0248. The van der Waals surface area contributed by atoms with Gasteiger partial charge in [0.2, 0.25) is 5.91 Å². The zero-order valence-corrected chi connectivity index (χ0v) is 15.6. The Bertz CT molecular complexity index is 927. The van der Waals surface area contributed by atoms with Crippen LogP contribution in [0.3, 0.4) is 0 Å². The molecule has 1 fully saturated rings. The molecule has 1 saturated heterocycles. The van der Waals surface area contributed by atoms with Crippen LogP contribution >= 0.6 is 0 Å². The molecule has 1 amide bonds. The third-order valence-electron chi connectivity index (χ3n) is 4.48. The summed E-state index contributed by atoms with van der Waals surface area (Å²) in [4.78, 5) is 14.1. The highest BCUT2D eigenvalue weighted by atomic mass is 32.2. The van der Waals surface area contributed by atoms with Gasteiger partial charge in [-0.15, -0.1) is 0 Å². The molecule has 3 rings (SSSR count). The van der Waals surface area contributed by atoms with Crippen LogP contribution in [0.25, 0.3) is 0 Å². The van der Waals surface area contributed by atoms with Gasteiger partial charge in [-0.05, 0) is 36.8 Å². The van der Waals surface area contributed by atoms with Crippen molar-refractivity contribution in [3.8, 4) is 0 Å². The second kappa shape index (κ2) is 7.96. The fourth-order valence-corrected chi connectivity index (χ4v) is 4.90. The normalized spacial score (nSPS) is 19.1. The molecule has 0 aliphatic carbocycles. The van der Waals surface area contributed by atoms with E-state index in [0.717, 1.165) is 12.1 Å². The molecule has 0 saturated carbocycles. The Balaban J connectivity index is 1.70. The Morgan fingerprint density at radius 3 is 2.64 bits per heavy atom. The van der Waals surface area contributed by atoms with Crippen LogP contribution in [0.5, 0.6) is 0 Å². The van der Waals surface area contributed by atoms with Crippen LogP contribution in [0, 0.1) is 0 Å². The molecule has 28 heavy (non-hydrogen) atoms. The number of nitrogens with zero attached hydrogens (tertiary/aromatic N) is 1. The summed E-state index contributed by atoms with van der Waals surface area (Å²) in [6.45, 7) is 0.0559. The quantitative estimate of drug-likeness (QED) is 0.783. The van der Waals surface area contributed by atoms with Gasteiger partial charge >= 0.3 is 6.18 Å². The summed E-state index contributed by atoms with van der Waals surface area (Å²) < 4.78 is 67.3. The third kappa shape index (κ3) is 5.35. The second-order valence-electron chi connectivity index (χ2n) is 6.67. The van der Waals surface area contributed by atoms with Crippen molar-refractivity contribution < 1.29 is 30.8 Å². The largest absolute Gasteiger partial charge is 0.468 e. The molecule has 1 aliphatic heterocycles. The number of hydrogen-bond donors (Lipinski definition) is 1. The van der Waals surface area contributed by atoms with E-state index in [1.165, 1.54) is 18.4 Å². The predicted octanol–water partition coefficient (Wildman–Crippen LogP) is 2.93. The van der Waals surface area contributed by atoms with E-state index in [1.54, 1.807) is 17.0 Å². The highest BCUT2D eigenvalue weighted by molar-refractivity contribution is 7.91. The van der Waals surface area contributed by atoms with Crippen molar-refractivity contribution in [2.75, 3.05) is 23.4 Å². The Morgan fingerprint density at radius 1 is 1.25 bits per heavy atom. The third-order valence-corrected chi connectivity index (χ3v) is 6.23. The van der Waals surface area contributed by atoms with E-state index in [4.69, 9.17) is 4.42 Å². The molecular weight excluding hydrogens is 397 g/mol. The number of furan rings is 1. The molecule has 0 bridgehead atoms. The van der Waals surface area contributed by atoms with Crippen molar-refractivity contribution >= 4 is 21.4 Å². The fraction of sp³-hybridized carbons (Fsp3) is 0.389. The van der Waals surface area contributed by atoms with Crippen LogP contribution < -0.4 is 5.32 Å². The number of benzene rings is 1. The molecule has 152 valence electrons. The number of nitrogens with one attached hydrogen (secondary N) is 1. The molecule has 2 heterocycles. The van der Waals surface area contributed by atoms with Crippen molar-refractivity contribution in [2.45, 2.75) is 25.2 Å². The SMILES string of the molecule is O=C(CN(Cc1ccco1)[C@H]1CCS(=O)(=O)C1)Nc1cccc(C(F)(F)F)c1. The highest BCUT2D eigenvalue weighted by Gasteiger charge is 2.34. The summed E-state index contributed by atoms with van der Waals surface area (Å²) in [5.41, 5.74) is -0.837. The Morgan fingerprint density at radius 2 is 2.04 bits per heavy atom. The summed E-state index contributed by atoms with van der Waals surface area (Å²) in [6, 6.07) is 7.38. The number of hydrogen-bond acceptors (Lipinski definition) is 5. The number of halogens is 3. The lowest BCUT2D eigenvalue weighted by Crippen LogP contribution is -2.41. The predicted molar refractivity (Wildman–Crippen MR) is 96.3 cm³/mol. The van der Waals surface area contributed by atoms with Gasteiger partial charge in [0.05, 0.1) is 36.4 Å². The Labute approximate surface area is 160 Å². The van der Waals surface area contributed by atoms with E-state index >= 15 is 0 Å². The molecule has 1 aromatic carbocycles. The Hall–Kier alpha value is -2.33. The average molecular weight is 416 g/mol. The van der Waals surface area contributed by atoms with Gasteiger partial charge in [0, 0.05) is 11.7 Å². The summed E-state index contributed by atoms with van der Waals surface area (Å²) in [5, 5.41) is 2.45. The molecule has 1 aromatic heterocycles. The number of carbonyl (C=O) groups is 1. The first kappa shape index (κ1) is 20.4. The van der Waals surface area contributed by atoms with Crippen LogP contribution in [0.15, 0.2) is 47.1 Å². The molecule has 0 spiro atoms. The lowest BCUT2D eigenvalue weighted by atomic mass is 10.2. The second-order valence-corrected chi connectivity index (χ2v) is 8.90. The van der Waals surface area contributed by atoms with E-state index in [1.807, 2.05) is 0 Å². The van der Waals surface area contributed by atoms with E-state index in [2.05, 4.69) is 5.32 Å². The average Bonchev–Trinajstić information content (AvgIpc) is 3.23. The number of sulfone groups is 1. The van der Waals surface area contributed by atoms with E-state index in [-0.39, 0.29) is 36.3 Å². The van der Waals surface area contributed by atoms with Crippen LogP contribution in [0.4, 0.5) is 18.9 Å². The van der Waals surface area contributed by atoms with Gasteiger partial charge in [-0.2, -0.15) is 13.2 Å². The molecule has 0 unspecified atom stereocenters. The van der Waals surface area contributed by atoms with Crippen molar-refractivity contribution in [3.63, 3.8) is 0 Å². The standard InChI is InChI=1S/C18H19F3N2O4S/c19-18(20,21)13-3-1-4-14(9-13)22-17(24)11-23(10-16-5-2-7-27-16)15-6-8-28(25,26)12-15/h1-5,7,9,15H,6,8,10-12H2,(H,22,24)/t15-/m0/s1. The van der Waals surface area contributed by atoms with Crippen molar-refractivity contribution in [1.29, 1.82) is 0 Å². The number of alkyl halides is 3. The van der Waals surface area contributed by atoms with Gasteiger partial charge < -0.3 is 9.73 Å². The van der Waals surface area contributed by atoms with Crippen molar-refractivity contribution in [2.24, 2.45) is 0 Å². The molecule has 0 radical (unpaired) electrons. The maximum atomic E-state index is 12.8. The first-order valence-electron chi connectivity index (χ1n) is 8.56. The summed E-state index contributed by atoms with van der Waals surface area (Å²) in [7, 11) is -3.17. The van der Waals surface area contributed by atoms with Gasteiger partial charge in [-0.25, -0.2) is 8.42 Å². The fourth-order valence-electron chi connectivity index (χ4n) is 3.14. The molecule has 1 aliphatic rings. The van der Waals surface area contributed by atoms with Gasteiger partial charge in [0.25, 0.3) is 0 Å². The molecule has 2 aromatic rings. The van der Waals surface area contributed by atoms with Gasteiger partial charge in [-0.1, -0.05) is 6.07 Å². The summed E-state index contributed by atoms with van der Waals surface area (Å²) >= 11 is 0. The van der Waals surface area contributed by atoms with Crippen LogP contribution in [0.1, 0.15) is 17.7 Å². The minimum atomic E-state index is -4.51. The zero-order chi connectivity index (χ0) is 20.4. The van der Waals surface area contributed by atoms with Crippen LogP contribution in [-0.4, -0.2) is 43.3 Å². The number of amides is 1. The zero-order valence-electron chi connectivity index (χ0n) is 14.8. The number of rotatable bonds is 6. The molecule has 10 heteroatoms. The highest BCUT2D eigenvalue weighted by Crippen LogP contribution is 2.30. The van der Waals surface area contributed by atoms with E-state index in [9.17, 15) is 26.4 Å². The van der Waals surface area contributed by atoms with Crippen LogP contribution in [0.2, 0.25) is 0 Å². The number of carbonyl (C=O) groups excluding carboxylic acids is 1. The van der Waals surface area contributed by atoms with Gasteiger partial charge in [0.15, 0.2) is 9.84 Å². The molecule has 6 nitrogen and oxygen atoms in total. The monoisotopic (exact) mass is 416 g/mol. The maximum Gasteiger partial charge on any atom is 0.416 e. The first-order valence-corrected chi connectivity index (χ1v) is 10.4.